The molecule has 0 saturated heterocycles. The number of aromatic nitrogens is 1. The van der Waals surface area contributed by atoms with Crippen molar-refractivity contribution in [3.05, 3.63) is 45.9 Å². The van der Waals surface area contributed by atoms with Crippen LogP contribution in [0.3, 0.4) is 0 Å². The first-order valence-electron chi connectivity index (χ1n) is 5.76. The van der Waals surface area contributed by atoms with Gasteiger partial charge in [0.2, 0.25) is 0 Å². The van der Waals surface area contributed by atoms with E-state index in [1.165, 1.54) is 10.4 Å². The van der Waals surface area contributed by atoms with Gasteiger partial charge in [0.05, 0.1) is 0 Å². The normalized spacial score (nSPS) is 11.1. The molecule has 0 unspecified atom stereocenters. The van der Waals surface area contributed by atoms with Crippen LogP contribution in [0, 0.1) is 0 Å². The lowest BCUT2D eigenvalue weighted by Crippen LogP contribution is -2.20. The largest absolute Gasteiger partial charge is 0.375 e. The smallest absolute Gasteiger partial charge is 0.180 e. The van der Waals surface area contributed by atoms with E-state index in [4.69, 9.17) is 17.3 Å². The predicted octanol–water partition coefficient (Wildman–Crippen LogP) is 3.05. The van der Waals surface area contributed by atoms with Crippen LogP contribution < -0.4 is 5.73 Å². The van der Waals surface area contributed by atoms with Crippen LogP contribution in [0.5, 0.6) is 0 Å². The fraction of sp³-hybridized carbons (Fsp3) is 0.308. The van der Waals surface area contributed by atoms with Crippen molar-refractivity contribution >= 4 is 28.1 Å². The first-order chi connectivity index (χ1) is 8.63. The molecule has 0 atom stereocenters. The highest BCUT2D eigenvalue weighted by molar-refractivity contribution is 7.15. The number of nitrogens with two attached hydrogens (primary N) is 1. The zero-order valence-electron chi connectivity index (χ0n) is 10.3. The molecule has 1 aromatic heterocycles. The summed E-state index contributed by atoms with van der Waals surface area (Å²) in [5, 5.41) is 1.42. The van der Waals surface area contributed by atoms with Crippen molar-refractivity contribution in [2.45, 2.75) is 13.0 Å². The summed E-state index contributed by atoms with van der Waals surface area (Å²) in [4.78, 5) is 7.52. The first-order valence-corrected chi connectivity index (χ1v) is 6.96. The first kappa shape index (κ1) is 13.3. The van der Waals surface area contributed by atoms with Gasteiger partial charge in [0, 0.05) is 29.2 Å². The summed E-state index contributed by atoms with van der Waals surface area (Å²) in [5.41, 5.74) is 6.91. The molecule has 0 amide bonds. The lowest BCUT2D eigenvalue weighted by molar-refractivity contribution is 0.334. The Morgan fingerprint density at radius 2 is 2.06 bits per heavy atom. The standard InChI is InChI=1S/C13H16ClN3S/c1-17(9-12-8-16-13(15)18-12)7-6-10-2-4-11(14)5-3-10/h2-5,8H,6-7,9H2,1H3,(H2,15,16). The zero-order chi connectivity index (χ0) is 13.0. The molecule has 0 aliphatic heterocycles. The second kappa shape index (κ2) is 6.18. The van der Waals surface area contributed by atoms with E-state index in [9.17, 15) is 0 Å². The number of nitrogens with zero attached hydrogens (tertiary/aromatic N) is 2. The number of anilines is 1. The topological polar surface area (TPSA) is 42.2 Å². The fourth-order valence-corrected chi connectivity index (χ4v) is 2.60. The predicted molar refractivity (Wildman–Crippen MR) is 78.0 cm³/mol. The quantitative estimate of drug-likeness (QED) is 0.916. The summed E-state index contributed by atoms with van der Waals surface area (Å²) in [6.07, 6.45) is 2.86. The number of hydrogen-bond donors (Lipinski definition) is 1. The third-order valence-electron chi connectivity index (χ3n) is 2.69. The van der Waals surface area contributed by atoms with Crippen LogP contribution in [0.25, 0.3) is 0 Å². The SMILES string of the molecule is CN(CCc1ccc(Cl)cc1)Cc1cnc(N)s1. The van der Waals surface area contributed by atoms with E-state index >= 15 is 0 Å². The molecular formula is C13H16ClN3S. The minimum Gasteiger partial charge on any atom is -0.375 e. The molecule has 5 heteroatoms. The molecule has 0 aliphatic rings. The highest BCUT2D eigenvalue weighted by atomic mass is 35.5. The van der Waals surface area contributed by atoms with Crippen molar-refractivity contribution in [2.24, 2.45) is 0 Å². The van der Waals surface area contributed by atoms with E-state index in [0.29, 0.717) is 5.13 Å². The van der Waals surface area contributed by atoms with Crippen molar-refractivity contribution in [1.29, 1.82) is 0 Å². The van der Waals surface area contributed by atoms with Gasteiger partial charge in [-0.3, -0.25) is 0 Å². The van der Waals surface area contributed by atoms with Crippen molar-refractivity contribution in [1.82, 2.24) is 9.88 Å². The van der Waals surface area contributed by atoms with Crippen LogP contribution in [-0.2, 0) is 13.0 Å². The summed E-state index contributed by atoms with van der Waals surface area (Å²) < 4.78 is 0. The van der Waals surface area contributed by atoms with Crippen LogP contribution in [0.4, 0.5) is 5.13 Å². The Morgan fingerprint density at radius 1 is 1.33 bits per heavy atom. The Balaban J connectivity index is 1.81. The van der Waals surface area contributed by atoms with E-state index in [1.54, 1.807) is 11.3 Å². The Morgan fingerprint density at radius 3 is 2.67 bits per heavy atom. The van der Waals surface area contributed by atoms with Gasteiger partial charge in [-0.15, -0.1) is 11.3 Å². The molecule has 1 aromatic carbocycles. The molecule has 0 spiro atoms. The molecule has 2 aromatic rings. The molecule has 3 nitrogen and oxygen atoms in total. The molecule has 0 fully saturated rings. The molecule has 2 N–H and O–H groups in total. The monoisotopic (exact) mass is 281 g/mol. The van der Waals surface area contributed by atoms with Gasteiger partial charge in [0.15, 0.2) is 5.13 Å². The van der Waals surface area contributed by atoms with Crippen LogP contribution in [0.15, 0.2) is 30.5 Å². The number of nitrogen functional groups attached to an aromatic ring is 1. The molecular weight excluding hydrogens is 266 g/mol. The molecule has 0 radical (unpaired) electrons. The van der Waals surface area contributed by atoms with E-state index in [2.05, 4.69) is 29.1 Å². The van der Waals surface area contributed by atoms with Gasteiger partial charge < -0.3 is 10.6 Å². The maximum atomic E-state index is 5.86. The number of hydrogen-bond acceptors (Lipinski definition) is 4. The Bertz CT molecular complexity index is 495. The second-order valence-corrected chi connectivity index (χ2v) is 5.86. The van der Waals surface area contributed by atoms with Gasteiger partial charge in [0.25, 0.3) is 0 Å². The summed E-state index contributed by atoms with van der Waals surface area (Å²) in [6.45, 7) is 1.89. The average molecular weight is 282 g/mol. The van der Waals surface area contributed by atoms with Gasteiger partial charge in [0.1, 0.15) is 0 Å². The Hall–Kier alpha value is -1.10. The van der Waals surface area contributed by atoms with Gasteiger partial charge in [-0.25, -0.2) is 4.98 Å². The van der Waals surface area contributed by atoms with E-state index in [-0.39, 0.29) is 0 Å². The van der Waals surface area contributed by atoms with E-state index in [1.807, 2.05) is 18.3 Å². The number of halogens is 1. The summed E-state index contributed by atoms with van der Waals surface area (Å²) in [6, 6.07) is 8.00. The van der Waals surface area contributed by atoms with Crippen molar-refractivity contribution in [3.8, 4) is 0 Å². The highest BCUT2D eigenvalue weighted by Gasteiger charge is 2.04. The molecule has 18 heavy (non-hydrogen) atoms. The fourth-order valence-electron chi connectivity index (χ4n) is 1.71. The Labute approximate surface area is 116 Å². The molecule has 2 rings (SSSR count). The number of likely N-dealkylation sites (N-methyl/N-ethyl adjacent to an activating group) is 1. The van der Waals surface area contributed by atoms with Crippen LogP contribution in [-0.4, -0.2) is 23.5 Å². The second-order valence-electron chi connectivity index (χ2n) is 4.28. The number of thiazole rings is 1. The lowest BCUT2D eigenvalue weighted by Gasteiger charge is -2.15. The maximum absolute atomic E-state index is 5.86. The molecule has 1 heterocycles. The minimum atomic E-state index is 0.635. The van der Waals surface area contributed by atoms with Crippen LogP contribution in [0.2, 0.25) is 5.02 Å². The van der Waals surface area contributed by atoms with Gasteiger partial charge in [-0.1, -0.05) is 23.7 Å². The third-order valence-corrected chi connectivity index (χ3v) is 3.76. The molecule has 0 saturated carbocycles. The van der Waals surface area contributed by atoms with E-state index in [0.717, 1.165) is 24.5 Å². The van der Waals surface area contributed by atoms with Crippen molar-refractivity contribution in [3.63, 3.8) is 0 Å². The zero-order valence-corrected chi connectivity index (χ0v) is 11.8. The van der Waals surface area contributed by atoms with Gasteiger partial charge in [-0.05, 0) is 31.2 Å². The maximum Gasteiger partial charge on any atom is 0.180 e. The summed E-state index contributed by atoms with van der Waals surface area (Å²) in [5.74, 6) is 0. The lowest BCUT2D eigenvalue weighted by atomic mass is 10.1. The molecule has 0 bridgehead atoms. The molecule has 96 valence electrons. The summed E-state index contributed by atoms with van der Waals surface area (Å²) in [7, 11) is 2.10. The highest BCUT2D eigenvalue weighted by Crippen LogP contribution is 2.16. The van der Waals surface area contributed by atoms with E-state index < -0.39 is 0 Å². The van der Waals surface area contributed by atoms with Crippen LogP contribution in [0.1, 0.15) is 10.4 Å². The van der Waals surface area contributed by atoms with Crippen LogP contribution >= 0.6 is 22.9 Å². The third kappa shape index (κ3) is 3.98. The number of rotatable bonds is 5. The Kier molecular flexibility index (Phi) is 4.58. The number of benzene rings is 1. The van der Waals surface area contributed by atoms with Crippen molar-refractivity contribution in [2.75, 3.05) is 19.3 Å². The van der Waals surface area contributed by atoms with Crippen molar-refractivity contribution < 1.29 is 0 Å². The summed E-state index contributed by atoms with van der Waals surface area (Å²) >= 11 is 7.40. The minimum absolute atomic E-state index is 0.635. The van der Waals surface area contributed by atoms with Gasteiger partial charge >= 0.3 is 0 Å². The molecule has 0 aliphatic carbocycles. The average Bonchev–Trinajstić information content (AvgIpc) is 2.74. The van der Waals surface area contributed by atoms with Gasteiger partial charge in [-0.2, -0.15) is 0 Å².